The van der Waals surface area contributed by atoms with Crippen LogP contribution in [0, 0.1) is 5.92 Å². The van der Waals surface area contributed by atoms with Crippen molar-refractivity contribution in [3.8, 4) is 5.75 Å². The Morgan fingerprint density at radius 2 is 2.06 bits per heavy atom. The maximum Gasteiger partial charge on any atom is 0.308 e. The summed E-state index contributed by atoms with van der Waals surface area (Å²) in [5.41, 5.74) is 1.05. The van der Waals surface area contributed by atoms with E-state index >= 15 is 0 Å². The molecule has 6 nitrogen and oxygen atoms in total. The van der Waals surface area contributed by atoms with Crippen molar-refractivity contribution in [2.45, 2.75) is 52.0 Å². The van der Waals surface area contributed by atoms with Gasteiger partial charge in [0.15, 0.2) is 0 Å². The van der Waals surface area contributed by atoms with Crippen LogP contribution < -0.4 is 10.1 Å². The maximum absolute atomic E-state index is 11.7. The Morgan fingerprint density at radius 1 is 1.16 bits per heavy atom. The van der Waals surface area contributed by atoms with Crippen LogP contribution in [0.2, 0.25) is 0 Å². The number of aliphatic carboxylic acids is 1. The summed E-state index contributed by atoms with van der Waals surface area (Å²) in [4.78, 5) is 15.9. The van der Waals surface area contributed by atoms with Crippen molar-refractivity contribution in [3.05, 3.63) is 54.9 Å². The second-order valence-corrected chi connectivity index (χ2v) is 7.92. The Labute approximate surface area is 184 Å². The molecule has 0 saturated carbocycles. The smallest absolute Gasteiger partial charge is 0.308 e. The first-order valence-electron chi connectivity index (χ1n) is 11.3. The van der Waals surface area contributed by atoms with Crippen LogP contribution in [0.1, 0.15) is 45.4 Å². The molecule has 6 heteroatoms. The van der Waals surface area contributed by atoms with Gasteiger partial charge in [-0.2, -0.15) is 0 Å². The number of unbranched alkanes of at least 4 members (excludes halogenated alkanes) is 3. The fourth-order valence-corrected chi connectivity index (χ4v) is 3.72. The average Bonchev–Trinajstić information content (AvgIpc) is 3.18. The SMILES string of the molecule is CCCCCCC(Cn1ccc2cc(OCCCNc3ccccn3)ccc21)C(=O)O. The normalized spacial score (nSPS) is 12.0. The molecule has 0 amide bonds. The first-order valence-corrected chi connectivity index (χ1v) is 11.3. The molecule has 0 aliphatic carbocycles. The van der Waals surface area contributed by atoms with Gasteiger partial charge in [0.1, 0.15) is 11.6 Å². The zero-order valence-electron chi connectivity index (χ0n) is 18.3. The number of aromatic nitrogens is 2. The highest BCUT2D eigenvalue weighted by molar-refractivity contribution is 5.82. The standard InChI is InChI=1S/C25H33N3O3/c1-2-3-4-5-9-21(25(29)30)19-28-16-13-20-18-22(11-12-23(20)28)31-17-8-15-27-24-10-6-7-14-26-24/h6-7,10-14,16,18,21H,2-5,8-9,15,17,19H2,1H3,(H,26,27)(H,29,30). The number of carboxylic acid groups (broad SMARTS) is 1. The van der Waals surface area contributed by atoms with Gasteiger partial charge in [0.25, 0.3) is 0 Å². The molecule has 0 radical (unpaired) electrons. The summed E-state index contributed by atoms with van der Waals surface area (Å²) in [6.45, 7) is 4.08. The molecule has 0 aliphatic heterocycles. The third-order valence-corrected chi connectivity index (χ3v) is 5.48. The number of nitrogens with zero attached hydrogens (tertiary/aromatic N) is 2. The largest absolute Gasteiger partial charge is 0.494 e. The van der Waals surface area contributed by atoms with E-state index in [0.717, 1.165) is 61.1 Å². The minimum absolute atomic E-state index is 0.352. The van der Waals surface area contributed by atoms with E-state index in [1.807, 2.05) is 48.7 Å². The van der Waals surface area contributed by atoms with Crippen molar-refractivity contribution in [2.24, 2.45) is 5.92 Å². The van der Waals surface area contributed by atoms with Gasteiger partial charge in [-0.05, 0) is 49.2 Å². The molecule has 1 unspecified atom stereocenters. The number of pyridine rings is 1. The van der Waals surface area contributed by atoms with E-state index in [-0.39, 0.29) is 5.92 Å². The summed E-state index contributed by atoms with van der Waals surface area (Å²) in [7, 11) is 0. The van der Waals surface area contributed by atoms with Crippen LogP contribution in [-0.2, 0) is 11.3 Å². The molecule has 2 N–H and O–H groups in total. The number of carboxylic acids is 1. The summed E-state index contributed by atoms with van der Waals surface area (Å²) in [6.07, 6.45) is 9.74. The fraction of sp³-hybridized carbons (Fsp3) is 0.440. The summed E-state index contributed by atoms with van der Waals surface area (Å²) in [5, 5.41) is 14.0. The summed E-state index contributed by atoms with van der Waals surface area (Å²) >= 11 is 0. The summed E-state index contributed by atoms with van der Waals surface area (Å²) < 4.78 is 7.94. The second-order valence-electron chi connectivity index (χ2n) is 7.92. The molecule has 2 heterocycles. The Bertz CT molecular complexity index is 940. The van der Waals surface area contributed by atoms with E-state index in [9.17, 15) is 9.90 Å². The maximum atomic E-state index is 11.7. The van der Waals surface area contributed by atoms with Crippen LogP contribution in [0.3, 0.4) is 0 Å². The van der Waals surface area contributed by atoms with Gasteiger partial charge < -0.3 is 19.7 Å². The van der Waals surface area contributed by atoms with Crippen LogP contribution in [0.25, 0.3) is 10.9 Å². The lowest BCUT2D eigenvalue weighted by Gasteiger charge is -2.14. The number of nitrogens with one attached hydrogen (secondary N) is 1. The van der Waals surface area contributed by atoms with E-state index in [2.05, 4.69) is 21.8 Å². The molecule has 0 bridgehead atoms. The molecule has 166 valence electrons. The highest BCUT2D eigenvalue weighted by atomic mass is 16.5. The van der Waals surface area contributed by atoms with Crippen LogP contribution in [0.4, 0.5) is 5.82 Å². The fourth-order valence-electron chi connectivity index (χ4n) is 3.72. The highest BCUT2D eigenvalue weighted by Crippen LogP contribution is 2.24. The van der Waals surface area contributed by atoms with Gasteiger partial charge >= 0.3 is 5.97 Å². The van der Waals surface area contributed by atoms with Gasteiger partial charge in [-0.1, -0.05) is 38.7 Å². The van der Waals surface area contributed by atoms with Crippen LogP contribution in [0.15, 0.2) is 54.9 Å². The van der Waals surface area contributed by atoms with E-state index < -0.39 is 5.97 Å². The van der Waals surface area contributed by atoms with Crippen LogP contribution in [0.5, 0.6) is 5.75 Å². The number of carbonyl (C=O) groups is 1. The molecule has 3 aromatic rings. The van der Waals surface area contributed by atoms with E-state index in [4.69, 9.17) is 4.74 Å². The Kier molecular flexibility index (Phi) is 8.76. The molecule has 1 aromatic carbocycles. The number of benzene rings is 1. The number of anilines is 1. The van der Waals surface area contributed by atoms with Gasteiger partial charge in [0.2, 0.25) is 0 Å². The van der Waals surface area contributed by atoms with Crippen molar-refractivity contribution in [3.63, 3.8) is 0 Å². The molecule has 0 aliphatic rings. The van der Waals surface area contributed by atoms with Crippen molar-refractivity contribution >= 4 is 22.7 Å². The van der Waals surface area contributed by atoms with Crippen LogP contribution in [-0.4, -0.2) is 33.8 Å². The number of rotatable bonds is 14. The minimum atomic E-state index is -0.711. The molecular formula is C25H33N3O3. The molecule has 3 rings (SSSR count). The van der Waals surface area contributed by atoms with Crippen molar-refractivity contribution in [1.29, 1.82) is 0 Å². The highest BCUT2D eigenvalue weighted by Gasteiger charge is 2.18. The Morgan fingerprint density at radius 3 is 2.84 bits per heavy atom. The number of fused-ring (bicyclic) bond motifs is 1. The van der Waals surface area contributed by atoms with Crippen molar-refractivity contribution in [1.82, 2.24) is 9.55 Å². The van der Waals surface area contributed by atoms with Gasteiger partial charge in [0.05, 0.1) is 12.5 Å². The van der Waals surface area contributed by atoms with Crippen molar-refractivity contribution in [2.75, 3.05) is 18.5 Å². The molecule has 0 spiro atoms. The Balaban J connectivity index is 1.49. The summed E-state index contributed by atoms with van der Waals surface area (Å²) in [6, 6.07) is 13.8. The third-order valence-electron chi connectivity index (χ3n) is 5.48. The molecule has 2 aromatic heterocycles. The third kappa shape index (κ3) is 7.02. The zero-order chi connectivity index (χ0) is 21.9. The van der Waals surface area contributed by atoms with Gasteiger partial charge in [-0.3, -0.25) is 4.79 Å². The lowest BCUT2D eigenvalue weighted by molar-refractivity contribution is -0.142. The van der Waals surface area contributed by atoms with E-state index in [1.165, 1.54) is 6.42 Å². The quantitative estimate of drug-likeness (QED) is 0.331. The molecule has 0 fully saturated rings. The predicted molar refractivity (Wildman–Crippen MR) is 125 cm³/mol. The summed E-state index contributed by atoms with van der Waals surface area (Å²) in [5.74, 6) is 0.639. The van der Waals surface area contributed by atoms with E-state index in [0.29, 0.717) is 13.2 Å². The lowest BCUT2D eigenvalue weighted by Crippen LogP contribution is -2.19. The monoisotopic (exact) mass is 423 g/mol. The Hall–Kier alpha value is -3.02. The van der Waals surface area contributed by atoms with Gasteiger partial charge in [0, 0.05) is 36.4 Å². The first kappa shape index (κ1) is 22.7. The number of hydrogen-bond donors (Lipinski definition) is 2. The second kappa shape index (κ2) is 12.0. The number of ether oxygens (including phenoxy) is 1. The molecule has 31 heavy (non-hydrogen) atoms. The minimum Gasteiger partial charge on any atom is -0.494 e. The molecule has 0 saturated heterocycles. The van der Waals surface area contributed by atoms with Crippen molar-refractivity contribution < 1.29 is 14.6 Å². The molecule has 1 atom stereocenters. The lowest BCUT2D eigenvalue weighted by atomic mass is 10.0. The van der Waals surface area contributed by atoms with E-state index in [1.54, 1.807) is 6.20 Å². The molecular weight excluding hydrogens is 390 g/mol. The predicted octanol–water partition coefficient (Wildman–Crippen LogP) is 5.59. The zero-order valence-corrected chi connectivity index (χ0v) is 18.3. The first-order chi connectivity index (χ1) is 15.2. The van der Waals surface area contributed by atoms with Crippen LogP contribution >= 0.6 is 0 Å². The number of hydrogen-bond acceptors (Lipinski definition) is 4. The topological polar surface area (TPSA) is 76.4 Å². The average molecular weight is 424 g/mol. The van der Waals surface area contributed by atoms with Gasteiger partial charge in [-0.15, -0.1) is 0 Å². The van der Waals surface area contributed by atoms with Gasteiger partial charge in [-0.25, -0.2) is 4.98 Å².